The third-order valence-corrected chi connectivity index (χ3v) is 3.82. The fourth-order valence-corrected chi connectivity index (χ4v) is 2.62. The molecule has 0 unspecified atom stereocenters. The van der Waals surface area contributed by atoms with Gasteiger partial charge in [0.15, 0.2) is 0 Å². The van der Waals surface area contributed by atoms with Crippen LogP contribution in [0.1, 0.15) is 16.7 Å². The minimum absolute atomic E-state index is 0.0321. The zero-order valence-electron chi connectivity index (χ0n) is 13.1. The summed E-state index contributed by atoms with van der Waals surface area (Å²) in [5, 5.41) is 20.3. The van der Waals surface area contributed by atoms with Crippen molar-refractivity contribution in [3.63, 3.8) is 0 Å². The maximum absolute atomic E-state index is 12.4. The average molecular weight is 331 g/mol. The Kier molecular flexibility index (Phi) is 4.40. The Morgan fingerprint density at radius 1 is 1.08 bits per heavy atom. The molecule has 0 radical (unpaired) electrons. The number of H-pyrrole nitrogens is 1. The molecule has 0 aliphatic carbocycles. The summed E-state index contributed by atoms with van der Waals surface area (Å²) < 4.78 is 0. The molecule has 1 N–H and O–H groups in total. The zero-order valence-corrected chi connectivity index (χ0v) is 13.1. The zero-order chi connectivity index (χ0) is 17.8. The van der Waals surface area contributed by atoms with Crippen LogP contribution in [0.15, 0.2) is 65.5 Å². The molecular weight excluding hydrogens is 318 g/mol. The number of non-ortho nitro benzene ring substituents is 1. The summed E-state index contributed by atoms with van der Waals surface area (Å²) in [7, 11) is 0. The number of nitriles is 1. The Morgan fingerprint density at radius 2 is 1.84 bits per heavy atom. The van der Waals surface area contributed by atoms with Crippen LogP contribution in [0.3, 0.4) is 0 Å². The molecule has 1 aromatic heterocycles. The van der Waals surface area contributed by atoms with Crippen molar-refractivity contribution < 1.29 is 4.92 Å². The predicted octanol–water partition coefficient (Wildman–Crippen LogP) is 3.41. The van der Waals surface area contributed by atoms with Gasteiger partial charge in [0.1, 0.15) is 6.07 Å². The highest BCUT2D eigenvalue weighted by molar-refractivity contribution is 5.66. The number of hydrogen-bond acceptors (Lipinski definition) is 4. The maximum Gasteiger partial charge on any atom is 0.269 e. The van der Waals surface area contributed by atoms with Crippen molar-refractivity contribution in [2.75, 3.05) is 0 Å². The number of nitrogens with zero attached hydrogens (tertiary/aromatic N) is 2. The minimum Gasteiger partial charge on any atom is -0.321 e. The van der Waals surface area contributed by atoms with Gasteiger partial charge in [0, 0.05) is 24.1 Å². The van der Waals surface area contributed by atoms with E-state index in [2.05, 4.69) is 11.1 Å². The largest absolute Gasteiger partial charge is 0.321 e. The molecule has 25 heavy (non-hydrogen) atoms. The molecule has 0 saturated carbocycles. The molecule has 3 aromatic rings. The van der Waals surface area contributed by atoms with Gasteiger partial charge in [-0.3, -0.25) is 14.9 Å². The summed E-state index contributed by atoms with van der Waals surface area (Å²) in [5.41, 5.74) is 2.24. The number of nitro benzene ring substituents is 1. The molecule has 0 spiro atoms. The number of benzene rings is 2. The molecule has 0 saturated heterocycles. The van der Waals surface area contributed by atoms with E-state index in [-0.39, 0.29) is 17.7 Å². The van der Waals surface area contributed by atoms with Gasteiger partial charge in [-0.25, -0.2) is 0 Å². The molecule has 0 bridgehead atoms. The molecule has 0 atom stereocenters. The lowest BCUT2D eigenvalue weighted by molar-refractivity contribution is -0.384. The van der Waals surface area contributed by atoms with Crippen LogP contribution in [0.25, 0.3) is 11.3 Å². The van der Waals surface area contributed by atoms with Crippen LogP contribution in [0.4, 0.5) is 5.69 Å². The second-order valence-electron chi connectivity index (χ2n) is 5.49. The molecule has 6 heteroatoms. The van der Waals surface area contributed by atoms with Gasteiger partial charge in [0.25, 0.3) is 11.2 Å². The maximum atomic E-state index is 12.4. The second kappa shape index (κ2) is 6.81. The molecule has 122 valence electrons. The van der Waals surface area contributed by atoms with Crippen LogP contribution in [0.5, 0.6) is 0 Å². The topological polar surface area (TPSA) is 99.8 Å². The molecule has 2 aromatic carbocycles. The number of nitro groups is 1. The number of rotatable bonds is 4. The van der Waals surface area contributed by atoms with E-state index >= 15 is 0 Å². The van der Waals surface area contributed by atoms with Crippen molar-refractivity contribution in [3.8, 4) is 17.3 Å². The summed E-state index contributed by atoms with van der Waals surface area (Å²) >= 11 is 0. The summed E-state index contributed by atoms with van der Waals surface area (Å²) in [5.74, 6) is 0. The first-order valence-electron chi connectivity index (χ1n) is 7.53. The van der Waals surface area contributed by atoms with Gasteiger partial charge in [-0.15, -0.1) is 0 Å². The lowest BCUT2D eigenvalue weighted by atomic mass is 10.0. The van der Waals surface area contributed by atoms with E-state index in [9.17, 15) is 20.2 Å². The fourth-order valence-electron chi connectivity index (χ4n) is 2.62. The number of pyridine rings is 1. The number of nitrogens with one attached hydrogen (secondary N) is 1. The molecule has 3 rings (SSSR count). The van der Waals surface area contributed by atoms with Crippen molar-refractivity contribution >= 4 is 5.69 Å². The van der Waals surface area contributed by atoms with E-state index in [1.165, 1.54) is 12.1 Å². The van der Waals surface area contributed by atoms with E-state index < -0.39 is 4.92 Å². The number of hydrogen-bond donors (Lipinski definition) is 1. The molecular formula is C19H13N3O3. The van der Waals surface area contributed by atoms with E-state index in [1.54, 1.807) is 18.2 Å². The SMILES string of the molecule is N#Cc1cc(Cc2cccc([N+](=O)[O-])c2)c(=O)[nH]c1-c1ccccc1. The van der Waals surface area contributed by atoms with Crippen LogP contribution >= 0.6 is 0 Å². The van der Waals surface area contributed by atoms with Crippen LogP contribution in [0, 0.1) is 21.4 Å². The smallest absolute Gasteiger partial charge is 0.269 e. The van der Waals surface area contributed by atoms with E-state index in [0.717, 1.165) is 5.56 Å². The third kappa shape index (κ3) is 3.46. The van der Waals surface area contributed by atoms with Crippen LogP contribution in [-0.4, -0.2) is 9.91 Å². The van der Waals surface area contributed by atoms with Crippen LogP contribution < -0.4 is 5.56 Å². The highest BCUT2D eigenvalue weighted by Gasteiger charge is 2.12. The minimum atomic E-state index is -0.479. The van der Waals surface area contributed by atoms with Gasteiger partial charge >= 0.3 is 0 Å². The number of aromatic amines is 1. The Balaban J connectivity index is 2.02. The van der Waals surface area contributed by atoms with Crippen molar-refractivity contribution in [2.24, 2.45) is 0 Å². The van der Waals surface area contributed by atoms with E-state index in [4.69, 9.17) is 0 Å². The van der Waals surface area contributed by atoms with Crippen molar-refractivity contribution in [1.82, 2.24) is 4.98 Å². The fraction of sp³-hybridized carbons (Fsp3) is 0.0526. The average Bonchev–Trinajstić information content (AvgIpc) is 2.64. The van der Waals surface area contributed by atoms with E-state index in [0.29, 0.717) is 22.4 Å². The molecule has 0 fully saturated rings. The predicted molar refractivity (Wildman–Crippen MR) is 93.1 cm³/mol. The third-order valence-electron chi connectivity index (χ3n) is 3.82. The van der Waals surface area contributed by atoms with Crippen LogP contribution in [-0.2, 0) is 6.42 Å². The monoisotopic (exact) mass is 331 g/mol. The quantitative estimate of drug-likeness (QED) is 0.585. The van der Waals surface area contributed by atoms with Crippen molar-refractivity contribution in [1.29, 1.82) is 5.26 Å². The summed E-state index contributed by atoms with van der Waals surface area (Å²) in [6, 6.07) is 18.9. The molecule has 0 amide bonds. The van der Waals surface area contributed by atoms with Crippen LogP contribution in [0.2, 0.25) is 0 Å². The lowest BCUT2D eigenvalue weighted by Gasteiger charge is -2.07. The highest BCUT2D eigenvalue weighted by atomic mass is 16.6. The lowest BCUT2D eigenvalue weighted by Crippen LogP contribution is -2.15. The first kappa shape index (κ1) is 16.1. The standard InChI is InChI=1S/C19H13N3O3/c20-12-16-11-15(9-13-5-4-8-17(10-13)22(24)25)19(23)21-18(16)14-6-2-1-3-7-14/h1-8,10-11H,9H2,(H,21,23). The van der Waals surface area contributed by atoms with Crippen molar-refractivity contribution in [3.05, 3.63) is 97.8 Å². The van der Waals surface area contributed by atoms with Gasteiger partial charge in [0.2, 0.25) is 0 Å². The van der Waals surface area contributed by atoms with E-state index in [1.807, 2.05) is 30.3 Å². The Labute approximate surface area is 143 Å². The van der Waals surface area contributed by atoms with Gasteiger partial charge in [0.05, 0.1) is 16.2 Å². The van der Waals surface area contributed by atoms with Gasteiger partial charge in [-0.2, -0.15) is 5.26 Å². The molecule has 0 aliphatic heterocycles. The Bertz CT molecular complexity index is 1030. The highest BCUT2D eigenvalue weighted by Crippen LogP contribution is 2.21. The molecule has 1 heterocycles. The molecule has 6 nitrogen and oxygen atoms in total. The van der Waals surface area contributed by atoms with Crippen molar-refractivity contribution in [2.45, 2.75) is 6.42 Å². The number of aromatic nitrogens is 1. The van der Waals surface area contributed by atoms with Gasteiger partial charge < -0.3 is 4.98 Å². The molecule has 0 aliphatic rings. The normalized spacial score (nSPS) is 10.2. The first-order chi connectivity index (χ1) is 12.1. The van der Waals surface area contributed by atoms with Gasteiger partial charge in [-0.05, 0) is 17.2 Å². The summed E-state index contributed by atoms with van der Waals surface area (Å²) in [6.07, 6.45) is 0.209. The van der Waals surface area contributed by atoms with Gasteiger partial charge in [-0.1, -0.05) is 42.5 Å². The second-order valence-corrected chi connectivity index (χ2v) is 5.49. The summed E-state index contributed by atoms with van der Waals surface area (Å²) in [4.78, 5) is 25.6. The first-order valence-corrected chi connectivity index (χ1v) is 7.53. The Hall–Kier alpha value is -3.72. The summed E-state index contributed by atoms with van der Waals surface area (Å²) in [6.45, 7) is 0. The Morgan fingerprint density at radius 3 is 2.52 bits per heavy atom.